The molecule has 2 heterocycles. The smallest absolute Gasteiger partial charge is 0.391 e. The first-order valence-corrected chi connectivity index (χ1v) is 7.92. The molecule has 2 unspecified atom stereocenters. The largest absolute Gasteiger partial charge is 0.421 e. The Morgan fingerprint density at radius 3 is 2.68 bits per heavy atom. The lowest BCUT2D eigenvalue weighted by atomic mass is 10.2. The summed E-state index contributed by atoms with van der Waals surface area (Å²) in [6.07, 6.45) is -0.0130. The zero-order valence-corrected chi connectivity index (χ0v) is 13.8. The monoisotopic (exact) mass is 356 g/mol. The van der Waals surface area contributed by atoms with E-state index in [1.165, 1.54) is 7.05 Å². The van der Waals surface area contributed by atoms with E-state index in [0.29, 0.717) is 11.4 Å². The summed E-state index contributed by atoms with van der Waals surface area (Å²) in [6.45, 7) is 1.77. The maximum atomic E-state index is 12.9. The fraction of sp³-hybridized carbons (Fsp3) is 0.533. The van der Waals surface area contributed by atoms with E-state index in [1.54, 1.807) is 17.8 Å². The first-order chi connectivity index (χ1) is 11.8. The third-order valence-corrected chi connectivity index (χ3v) is 4.28. The molecular weight excluding hydrogens is 337 g/mol. The maximum Gasteiger partial charge on any atom is 0.421 e. The molecule has 0 amide bonds. The first kappa shape index (κ1) is 17.5. The zero-order chi connectivity index (χ0) is 18.2. The molecule has 1 aliphatic carbocycles. The van der Waals surface area contributed by atoms with E-state index >= 15 is 0 Å². The van der Waals surface area contributed by atoms with Crippen molar-refractivity contribution in [2.75, 3.05) is 17.7 Å². The molecule has 3 rings (SSSR count). The Morgan fingerprint density at radius 1 is 1.32 bits per heavy atom. The van der Waals surface area contributed by atoms with Crippen LogP contribution in [-0.2, 0) is 6.18 Å². The van der Waals surface area contributed by atoms with Gasteiger partial charge in [-0.05, 0) is 26.2 Å². The molecule has 2 aromatic heterocycles. The fourth-order valence-electron chi connectivity index (χ4n) is 2.96. The van der Waals surface area contributed by atoms with E-state index in [-0.39, 0.29) is 17.8 Å². The number of aromatic nitrogens is 4. The molecule has 0 spiro atoms. The van der Waals surface area contributed by atoms with Gasteiger partial charge in [-0.15, -0.1) is 0 Å². The third kappa shape index (κ3) is 3.53. The average molecular weight is 356 g/mol. The number of aliphatic hydroxyl groups excluding tert-OH is 1. The molecule has 25 heavy (non-hydrogen) atoms. The number of rotatable bonds is 4. The predicted molar refractivity (Wildman–Crippen MR) is 85.7 cm³/mol. The van der Waals surface area contributed by atoms with Crippen LogP contribution in [0.25, 0.3) is 0 Å². The van der Waals surface area contributed by atoms with E-state index in [9.17, 15) is 18.3 Å². The molecule has 0 aliphatic heterocycles. The summed E-state index contributed by atoms with van der Waals surface area (Å²) in [5, 5.41) is 19.7. The Morgan fingerprint density at radius 2 is 2.08 bits per heavy atom. The Balaban J connectivity index is 1.84. The lowest BCUT2D eigenvalue weighted by Crippen LogP contribution is -2.18. The quantitative estimate of drug-likeness (QED) is 0.781. The molecule has 3 N–H and O–H groups in total. The Hall–Kier alpha value is -2.36. The minimum absolute atomic E-state index is 0.0342. The van der Waals surface area contributed by atoms with Crippen LogP contribution < -0.4 is 10.6 Å². The summed E-state index contributed by atoms with van der Waals surface area (Å²) < 4.78 is 40.4. The number of alkyl halides is 3. The second kappa shape index (κ2) is 6.51. The second-order valence-corrected chi connectivity index (χ2v) is 6.00. The van der Waals surface area contributed by atoms with E-state index in [4.69, 9.17) is 0 Å². The molecule has 0 saturated heterocycles. The minimum atomic E-state index is -4.53. The van der Waals surface area contributed by atoms with Gasteiger partial charge < -0.3 is 15.7 Å². The van der Waals surface area contributed by atoms with Gasteiger partial charge in [0, 0.05) is 19.4 Å². The molecular formula is C15H19F3N6O. The first-order valence-electron chi connectivity index (χ1n) is 7.92. The Bertz CT molecular complexity index is 760. The number of aryl methyl sites for hydroxylation is 1. The summed E-state index contributed by atoms with van der Waals surface area (Å²) in [4.78, 5) is 7.62. The number of hydrogen-bond donors (Lipinski definition) is 3. The van der Waals surface area contributed by atoms with Crippen LogP contribution in [0.15, 0.2) is 12.4 Å². The van der Waals surface area contributed by atoms with Crippen LogP contribution in [0.4, 0.5) is 30.6 Å². The van der Waals surface area contributed by atoms with Gasteiger partial charge in [-0.2, -0.15) is 23.3 Å². The molecule has 136 valence electrons. The fourth-order valence-corrected chi connectivity index (χ4v) is 2.96. The number of anilines is 3. The summed E-state index contributed by atoms with van der Waals surface area (Å²) in [7, 11) is 1.37. The average Bonchev–Trinajstić information content (AvgIpc) is 3.12. The highest BCUT2D eigenvalue weighted by atomic mass is 19.4. The summed E-state index contributed by atoms with van der Waals surface area (Å²) in [5.41, 5.74) is 0.302. The number of nitrogens with zero attached hydrogens (tertiary/aromatic N) is 4. The van der Waals surface area contributed by atoms with Crippen molar-refractivity contribution < 1.29 is 18.3 Å². The number of nitrogens with one attached hydrogen (secondary N) is 2. The van der Waals surface area contributed by atoms with Crippen molar-refractivity contribution in [2.24, 2.45) is 0 Å². The van der Waals surface area contributed by atoms with Crippen molar-refractivity contribution in [1.82, 2.24) is 19.7 Å². The van der Waals surface area contributed by atoms with Crippen molar-refractivity contribution in [2.45, 2.75) is 44.5 Å². The number of aliphatic hydroxyl groups is 1. The van der Waals surface area contributed by atoms with Crippen molar-refractivity contribution in [3.05, 3.63) is 23.7 Å². The van der Waals surface area contributed by atoms with Crippen molar-refractivity contribution in [3.63, 3.8) is 0 Å². The van der Waals surface area contributed by atoms with Crippen LogP contribution in [0.2, 0.25) is 0 Å². The minimum Gasteiger partial charge on any atom is -0.391 e. The van der Waals surface area contributed by atoms with Gasteiger partial charge >= 0.3 is 6.18 Å². The van der Waals surface area contributed by atoms with Crippen LogP contribution in [0.1, 0.15) is 36.6 Å². The topological polar surface area (TPSA) is 87.9 Å². The summed E-state index contributed by atoms with van der Waals surface area (Å²) >= 11 is 0. The predicted octanol–water partition coefficient (Wildman–Crippen LogP) is 2.87. The lowest BCUT2D eigenvalue weighted by molar-refractivity contribution is -0.137. The third-order valence-electron chi connectivity index (χ3n) is 4.28. The zero-order valence-electron chi connectivity index (χ0n) is 13.8. The van der Waals surface area contributed by atoms with Gasteiger partial charge in [-0.3, -0.25) is 4.68 Å². The van der Waals surface area contributed by atoms with Crippen molar-refractivity contribution in [1.29, 1.82) is 0 Å². The molecule has 0 aromatic carbocycles. The van der Waals surface area contributed by atoms with Crippen LogP contribution in [0.5, 0.6) is 0 Å². The van der Waals surface area contributed by atoms with Crippen LogP contribution in [0.3, 0.4) is 0 Å². The van der Waals surface area contributed by atoms with Gasteiger partial charge in [0.15, 0.2) is 0 Å². The number of halogens is 3. The molecule has 7 nitrogen and oxygen atoms in total. The molecule has 10 heteroatoms. The van der Waals surface area contributed by atoms with E-state index in [2.05, 4.69) is 25.7 Å². The van der Waals surface area contributed by atoms with Crippen LogP contribution in [0, 0.1) is 6.92 Å². The Labute approximate surface area is 142 Å². The summed E-state index contributed by atoms with van der Waals surface area (Å²) in [6, 6.07) is -0.0874. The van der Waals surface area contributed by atoms with Gasteiger partial charge in [0.2, 0.25) is 5.95 Å². The lowest BCUT2D eigenvalue weighted by Gasteiger charge is -2.14. The van der Waals surface area contributed by atoms with E-state index in [1.807, 2.05) is 0 Å². The highest BCUT2D eigenvalue weighted by Crippen LogP contribution is 2.34. The Kier molecular flexibility index (Phi) is 4.55. The van der Waals surface area contributed by atoms with Crippen molar-refractivity contribution >= 4 is 17.5 Å². The highest BCUT2D eigenvalue weighted by Gasteiger charge is 2.35. The van der Waals surface area contributed by atoms with Crippen molar-refractivity contribution in [3.8, 4) is 0 Å². The molecule has 2 atom stereocenters. The van der Waals surface area contributed by atoms with Gasteiger partial charge in [0.25, 0.3) is 0 Å². The van der Waals surface area contributed by atoms with Crippen LogP contribution in [-0.4, -0.2) is 38.0 Å². The SMILES string of the molecule is CNc1nc(Nc2cn(C3CCCC3O)nc2C)ncc1C(F)(F)F. The normalized spacial score (nSPS) is 20.7. The van der Waals surface area contributed by atoms with Gasteiger partial charge in [-0.1, -0.05) is 0 Å². The standard InChI is InChI=1S/C15H19F3N6O/c1-8-10(7-24(23-8)11-4-3-5-12(11)25)21-14-20-6-9(15(16,17)18)13(19-2)22-14/h6-7,11-12,25H,3-5H2,1-2H3,(H2,19,20,21,22). The molecule has 1 saturated carbocycles. The van der Waals surface area contributed by atoms with Crippen LogP contribution >= 0.6 is 0 Å². The van der Waals surface area contributed by atoms with Gasteiger partial charge in [0.1, 0.15) is 11.4 Å². The molecule has 0 radical (unpaired) electrons. The second-order valence-electron chi connectivity index (χ2n) is 6.00. The van der Waals surface area contributed by atoms with Gasteiger partial charge in [0.05, 0.1) is 23.5 Å². The van der Waals surface area contributed by atoms with Gasteiger partial charge in [-0.25, -0.2) is 4.98 Å². The molecule has 2 aromatic rings. The maximum absolute atomic E-state index is 12.9. The molecule has 1 fully saturated rings. The van der Waals surface area contributed by atoms with E-state index in [0.717, 1.165) is 25.5 Å². The molecule has 0 bridgehead atoms. The molecule has 1 aliphatic rings. The number of hydrogen-bond acceptors (Lipinski definition) is 6. The highest BCUT2D eigenvalue weighted by molar-refractivity contribution is 5.57. The van der Waals surface area contributed by atoms with E-state index < -0.39 is 17.8 Å². The summed E-state index contributed by atoms with van der Waals surface area (Å²) in [5.74, 6) is -0.270.